The van der Waals surface area contributed by atoms with Crippen LogP contribution in [-0.2, 0) is 10.8 Å². The van der Waals surface area contributed by atoms with E-state index < -0.39 is 0 Å². The number of hydrogen-bond donors (Lipinski definition) is 0. The largest absolute Gasteiger partial charge is 0.309 e. The summed E-state index contributed by atoms with van der Waals surface area (Å²) in [5, 5.41) is 17.0. The van der Waals surface area contributed by atoms with Crippen LogP contribution in [0, 0.1) is 17.9 Å². The first-order valence-corrected chi connectivity index (χ1v) is 16.9. The van der Waals surface area contributed by atoms with Crippen LogP contribution < -0.4 is 0 Å². The molecular formula is C46H31N3. The Labute approximate surface area is 285 Å². The zero-order valence-corrected chi connectivity index (χ0v) is 27.8. The van der Waals surface area contributed by atoms with Gasteiger partial charge in [0.1, 0.15) is 0 Å². The van der Waals surface area contributed by atoms with Crippen molar-refractivity contribution in [2.45, 2.75) is 38.5 Å². The van der Waals surface area contributed by atoms with Crippen molar-refractivity contribution < 1.29 is 0 Å². The van der Waals surface area contributed by atoms with E-state index in [1.165, 1.54) is 66.3 Å². The Morgan fingerprint density at radius 1 is 0.592 bits per heavy atom. The topological polar surface area (TPSA) is 33.1 Å². The van der Waals surface area contributed by atoms with E-state index in [0.717, 1.165) is 32.8 Å². The molecule has 8 aromatic rings. The van der Waals surface area contributed by atoms with Gasteiger partial charge < -0.3 is 4.57 Å². The fourth-order valence-corrected chi connectivity index (χ4v) is 9.32. The lowest BCUT2D eigenvalue weighted by Crippen LogP contribution is -2.17. The summed E-state index contributed by atoms with van der Waals surface area (Å²) in [7, 11) is 0. The van der Waals surface area contributed by atoms with Crippen LogP contribution in [0.15, 0.2) is 115 Å². The van der Waals surface area contributed by atoms with Crippen molar-refractivity contribution in [3.05, 3.63) is 154 Å². The second-order valence-electron chi connectivity index (χ2n) is 14.7. The molecule has 3 nitrogen and oxygen atoms in total. The minimum Gasteiger partial charge on any atom is -0.309 e. The van der Waals surface area contributed by atoms with Crippen LogP contribution in [0.25, 0.3) is 76.1 Å². The summed E-state index contributed by atoms with van der Waals surface area (Å²) in [4.78, 5) is 3.97. The summed E-state index contributed by atoms with van der Waals surface area (Å²) in [6.07, 6.45) is 0. The summed E-state index contributed by atoms with van der Waals surface area (Å²) in [5.74, 6) is 0. The van der Waals surface area contributed by atoms with Crippen molar-refractivity contribution in [2.24, 2.45) is 0 Å². The highest BCUT2D eigenvalue weighted by atomic mass is 15.0. The number of nitrogens with zero attached hydrogens (tertiary/aromatic N) is 3. The molecule has 230 valence electrons. The van der Waals surface area contributed by atoms with Gasteiger partial charge in [-0.05, 0) is 91.0 Å². The van der Waals surface area contributed by atoms with Crippen LogP contribution >= 0.6 is 0 Å². The Morgan fingerprint density at radius 3 is 1.94 bits per heavy atom. The Hall–Kier alpha value is -6.16. The molecule has 0 fully saturated rings. The molecule has 0 saturated heterocycles. The molecule has 49 heavy (non-hydrogen) atoms. The summed E-state index contributed by atoms with van der Waals surface area (Å²) >= 11 is 0. The van der Waals surface area contributed by atoms with Gasteiger partial charge in [-0.1, -0.05) is 113 Å². The lowest BCUT2D eigenvalue weighted by molar-refractivity contribution is 0.662. The maximum Gasteiger partial charge on any atom is 0.195 e. The summed E-state index contributed by atoms with van der Waals surface area (Å²) in [6.45, 7) is 17.2. The molecule has 7 aromatic carbocycles. The fraction of sp³-hybridized carbons (Fsp3) is 0.130. The van der Waals surface area contributed by atoms with Crippen molar-refractivity contribution in [1.82, 2.24) is 4.57 Å². The Bertz CT molecular complexity index is 2890. The Kier molecular flexibility index (Phi) is 5.27. The highest BCUT2D eigenvalue weighted by molar-refractivity contribution is 6.18. The van der Waals surface area contributed by atoms with Gasteiger partial charge >= 0.3 is 0 Å². The summed E-state index contributed by atoms with van der Waals surface area (Å²) in [5.41, 5.74) is 14.3. The third-order valence-electron chi connectivity index (χ3n) is 11.6. The lowest BCUT2D eigenvalue weighted by Gasteiger charge is -2.24. The molecule has 2 aliphatic carbocycles. The van der Waals surface area contributed by atoms with E-state index in [-0.39, 0.29) is 10.8 Å². The first kappa shape index (κ1) is 27.9. The number of benzene rings is 7. The maximum absolute atomic E-state index is 10.2. The average molecular weight is 626 g/mol. The van der Waals surface area contributed by atoms with Gasteiger partial charge in [0.25, 0.3) is 0 Å². The number of rotatable bonds is 1. The first-order chi connectivity index (χ1) is 23.8. The van der Waals surface area contributed by atoms with Gasteiger partial charge in [0.05, 0.1) is 29.2 Å². The van der Waals surface area contributed by atoms with Gasteiger partial charge in [-0.2, -0.15) is 5.26 Å². The molecule has 2 aliphatic rings. The molecule has 0 radical (unpaired) electrons. The highest BCUT2D eigenvalue weighted by Crippen LogP contribution is 2.58. The average Bonchev–Trinajstić information content (AvgIpc) is 3.66. The molecule has 1 heterocycles. The minimum atomic E-state index is -0.346. The molecule has 3 heteroatoms. The molecule has 0 amide bonds. The number of nitriles is 1. The predicted molar refractivity (Wildman–Crippen MR) is 202 cm³/mol. The van der Waals surface area contributed by atoms with Gasteiger partial charge in [0.15, 0.2) is 5.69 Å². The van der Waals surface area contributed by atoms with Crippen molar-refractivity contribution in [3.8, 4) is 34.0 Å². The molecule has 0 aliphatic heterocycles. The van der Waals surface area contributed by atoms with E-state index >= 15 is 0 Å². The SMILES string of the molecule is [C-]#[N+]c1cc2c(c3ccccc13)-c1cc3c(cc1C2(C)C)c1ccc2c(c1n3-c1ccccc1)C(C)(C)c1cc(C#N)c3ccccc3c1-2. The minimum absolute atomic E-state index is 0.275. The van der Waals surface area contributed by atoms with Crippen LogP contribution in [0.1, 0.15) is 55.5 Å². The van der Waals surface area contributed by atoms with Gasteiger partial charge in [-0.3, -0.25) is 0 Å². The Balaban J connectivity index is 1.38. The van der Waals surface area contributed by atoms with Crippen molar-refractivity contribution in [2.75, 3.05) is 0 Å². The zero-order valence-electron chi connectivity index (χ0n) is 27.8. The van der Waals surface area contributed by atoms with Crippen molar-refractivity contribution >= 4 is 49.0 Å². The summed E-state index contributed by atoms with van der Waals surface area (Å²) in [6, 6.07) is 43.7. The third kappa shape index (κ3) is 3.35. The lowest BCUT2D eigenvalue weighted by atomic mass is 9.80. The van der Waals surface area contributed by atoms with Crippen molar-refractivity contribution in [1.29, 1.82) is 5.26 Å². The molecule has 0 spiro atoms. The second-order valence-corrected chi connectivity index (χ2v) is 14.7. The zero-order chi connectivity index (χ0) is 33.4. The van der Waals surface area contributed by atoms with E-state index in [1.54, 1.807) is 0 Å². The molecule has 0 saturated carbocycles. The van der Waals surface area contributed by atoms with Crippen LogP contribution in [0.4, 0.5) is 5.69 Å². The molecule has 0 atom stereocenters. The van der Waals surface area contributed by atoms with Crippen LogP contribution in [0.3, 0.4) is 0 Å². The van der Waals surface area contributed by atoms with Crippen molar-refractivity contribution in [3.63, 3.8) is 0 Å². The smallest absolute Gasteiger partial charge is 0.195 e. The van der Waals surface area contributed by atoms with Crippen LogP contribution in [0.2, 0.25) is 0 Å². The normalized spacial score (nSPS) is 14.8. The van der Waals surface area contributed by atoms with Crippen LogP contribution in [0.5, 0.6) is 0 Å². The highest BCUT2D eigenvalue weighted by Gasteiger charge is 2.42. The predicted octanol–water partition coefficient (Wildman–Crippen LogP) is 12.1. The molecule has 0 unspecified atom stereocenters. The number of aromatic nitrogens is 1. The number of fused-ring (bicyclic) bond motifs is 14. The molecule has 0 bridgehead atoms. The quantitative estimate of drug-likeness (QED) is 0.167. The van der Waals surface area contributed by atoms with E-state index in [2.05, 4.69) is 146 Å². The summed E-state index contributed by atoms with van der Waals surface area (Å²) < 4.78 is 2.48. The van der Waals surface area contributed by atoms with Gasteiger partial charge in [0.2, 0.25) is 0 Å². The van der Waals surface area contributed by atoms with E-state index in [0.29, 0.717) is 5.69 Å². The van der Waals surface area contributed by atoms with Crippen LogP contribution in [-0.4, -0.2) is 4.57 Å². The molecular weight excluding hydrogens is 595 g/mol. The molecule has 10 rings (SSSR count). The fourth-order valence-electron chi connectivity index (χ4n) is 9.32. The number of para-hydroxylation sites is 1. The molecule has 0 N–H and O–H groups in total. The third-order valence-corrected chi connectivity index (χ3v) is 11.6. The van der Waals surface area contributed by atoms with Gasteiger partial charge in [-0.15, -0.1) is 0 Å². The standard InChI is InChI=1S/C46H31N3/c1-45(2)36-22-34-32-19-20-33-41-30-17-11-9-15-28(30)26(25-47)21-37(41)46(3,4)43(33)44(32)49(27-13-7-6-8-14-27)40(34)23-35(36)42-31-18-12-10-16-29(31)39(48-5)24-38(42)45/h6-24H,1-4H3. The monoisotopic (exact) mass is 625 g/mol. The second kappa shape index (κ2) is 9.25. The van der Waals surface area contributed by atoms with Gasteiger partial charge in [-0.25, -0.2) is 4.85 Å². The molecule has 1 aromatic heterocycles. The first-order valence-electron chi connectivity index (χ1n) is 16.9. The van der Waals surface area contributed by atoms with E-state index in [9.17, 15) is 5.26 Å². The maximum atomic E-state index is 10.2. The van der Waals surface area contributed by atoms with E-state index in [4.69, 9.17) is 6.57 Å². The van der Waals surface area contributed by atoms with Gasteiger partial charge in [0, 0.05) is 32.7 Å². The van der Waals surface area contributed by atoms with E-state index in [1.807, 2.05) is 12.1 Å². The number of hydrogen-bond acceptors (Lipinski definition) is 1. The Morgan fingerprint density at radius 2 is 1.22 bits per heavy atom.